The molecule has 1 fully saturated rings. The van der Waals surface area contributed by atoms with Crippen LogP contribution in [0.1, 0.15) is 30.1 Å². The van der Waals surface area contributed by atoms with E-state index in [0.717, 1.165) is 0 Å². The van der Waals surface area contributed by atoms with Gasteiger partial charge >= 0.3 is 0 Å². The first-order valence-electron chi connectivity index (χ1n) is 13.1. The van der Waals surface area contributed by atoms with E-state index in [1.54, 1.807) is 59.5 Å². The van der Waals surface area contributed by atoms with Crippen molar-refractivity contribution in [2.24, 2.45) is 17.2 Å². The van der Waals surface area contributed by atoms with E-state index in [0.29, 0.717) is 48.6 Å². The standard InChI is InChI=1S/C29H34FN7O3/c1-2-25(33)28(39)35-21-9-7-18(8-10-21)29(40)37(17-27(38)36-15-19(31)13-20(32)16-36)22-11-12-26(34-14-22)23-5-3-4-6-24(23)30/h3-12,14,19-20,25H,2,13,15-17,31-33H2,1H3,(H,35,39). The average molecular weight is 548 g/mol. The lowest BCUT2D eigenvalue weighted by molar-refractivity contribution is -0.131. The number of nitrogens with zero attached hydrogens (tertiary/aromatic N) is 3. The Kier molecular flexibility index (Phi) is 9.20. The summed E-state index contributed by atoms with van der Waals surface area (Å²) >= 11 is 0. The second-order valence-corrected chi connectivity index (χ2v) is 9.91. The molecule has 3 atom stereocenters. The zero-order chi connectivity index (χ0) is 28.8. The first-order chi connectivity index (χ1) is 19.2. The lowest BCUT2D eigenvalue weighted by Crippen LogP contribution is -2.56. The Bertz CT molecular complexity index is 1340. The Morgan fingerprint density at radius 2 is 1.73 bits per heavy atom. The molecule has 2 heterocycles. The third-order valence-corrected chi connectivity index (χ3v) is 6.79. The molecule has 7 N–H and O–H groups in total. The molecule has 1 aromatic heterocycles. The number of pyridine rings is 1. The van der Waals surface area contributed by atoms with E-state index in [-0.39, 0.29) is 36.0 Å². The molecule has 1 aliphatic heterocycles. The second kappa shape index (κ2) is 12.8. The summed E-state index contributed by atoms with van der Waals surface area (Å²) in [6.45, 7) is 2.22. The number of benzene rings is 2. The third-order valence-electron chi connectivity index (χ3n) is 6.79. The van der Waals surface area contributed by atoms with Gasteiger partial charge in [0.1, 0.15) is 12.4 Å². The molecule has 40 heavy (non-hydrogen) atoms. The van der Waals surface area contributed by atoms with Gasteiger partial charge in [0.05, 0.1) is 23.6 Å². The van der Waals surface area contributed by atoms with Gasteiger partial charge in [0.25, 0.3) is 5.91 Å². The molecule has 0 aliphatic carbocycles. The summed E-state index contributed by atoms with van der Waals surface area (Å²) in [6, 6.07) is 14.6. The van der Waals surface area contributed by atoms with Crippen molar-refractivity contribution >= 4 is 29.1 Å². The maximum absolute atomic E-state index is 14.3. The molecule has 10 nitrogen and oxygen atoms in total. The molecular formula is C29H34FN7O3. The lowest BCUT2D eigenvalue weighted by Gasteiger charge is -2.36. The van der Waals surface area contributed by atoms with Gasteiger partial charge in [-0.1, -0.05) is 19.1 Å². The zero-order valence-electron chi connectivity index (χ0n) is 22.3. The highest BCUT2D eigenvalue weighted by Crippen LogP contribution is 2.24. The van der Waals surface area contributed by atoms with Crippen LogP contribution in [-0.4, -0.2) is 65.4 Å². The minimum absolute atomic E-state index is 0.248. The number of halogens is 1. The molecular weight excluding hydrogens is 513 g/mol. The summed E-state index contributed by atoms with van der Waals surface area (Å²) in [4.78, 5) is 46.4. The molecule has 0 spiro atoms. The van der Waals surface area contributed by atoms with Gasteiger partial charge in [-0.15, -0.1) is 0 Å². The number of rotatable bonds is 8. The molecule has 0 saturated carbocycles. The average Bonchev–Trinajstić information content (AvgIpc) is 2.95. The first kappa shape index (κ1) is 28.8. The number of likely N-dealkylation sites (tertiary alicyclic amines) is 1. The summed E-state index contributed by atoms with van der Waals surface area (Å²) in [5.74, 6) is -1.51. The van der Waals surface area contributed by atoms with Gasteiger partial charge in [0.15, 0.2) is 0 Å². The summed E-state index contributed by atoms with van der Waals surface area (Å²) in [5, 5.41) is 2.72. The van der Waals surface area contributed by atoms with E-state index in [1.807, 2.05) is 6.92 Å². The van der Waals surface area contributed by atoms with E-state index in [9.17, 15) is 18.8 Å². The fourth-order valence-corrected chi connectivity index (χ4v) is 4.54. The van der Waals surface area contributed by atoms with Crippen molar-refractivity contribution in [2.75, 3.05) is 29.9 Å². The number of anilines is 2. The third kappa shape index (κ3) is 6.87. The van der Waals surface area contributed by atoms with E-state index in [1.165, 1.54) is 17.2 Å². The second-order valence-electron chi connectivity index (χ2n) is 9.91. The highest BCUT2D eigenvalue weighted by atomic mass is 19.1. The van der Waals surface area contributed by atoms with Crippen LogP contribution in [0.2, 0.25) is 0 Å². The smallest absolute Gasteiger partial charge is 0.258 e. The van der Waals surface area contributed by atoms with Gasteiger partial charge in [0, 0.05) is 42.0 Å². The minimum atomic E-state index is -0.640. The molecule has 0 bridgehead atoms. The molecule has 0 radical (unpaired) electrons. The number of amides is 3. The number of nitrogens with two attached hydrogens (primary N) is 3. The van der Waals surface area contributed by atoms with Crippen LogP contribution in [0.25, 0.3) is 11.3 Å². The summed E-state index contributed by atoms with van der Waals surface area (Å²) in [5.41, 5.74) is 19.8. The fourth-order valence-electron chi connectivity index (χ4n) is 4.54. The van der Waals surface area contributed by atoms with Crippen LogP contribution in [-0.2, 0) is 9.59 Å². The van der Waals surface area contributed by atoms with Crippen LogP contribution in [0.5, 0.6) is 0 Å². The largest absolute Gasteiger partial charge is 0.338 e. The molecule has 3 aromatic rings. The van der Waals surface area contributed by atoms with Crippen LogP contribution < -0.4 is 27.4 Å². The molecule has 1 aliphatic rings. The van der Waals surface area contributed by atoms with Crippen LogP contribution >= 0.6 is 0 Å². The quantitative estimate of drug-likeness (QED) is 0.336. The van der Waals surface area contributed by atoms with Gasteiger partial charge < -0.3 is 27.4 Å². The van der Waals surface area contributed by atoms with E-state index < -0.39 is 17.8 Å². The van der Waals surface area contributed by atoms with Crippen molar-refractivity contribution in [3.63, 3.8) is 0 Å². The van der Waals surface area contributed by atoms with Crippen molar-refractivity contribution in [1.82, 2.24) is 9.88 Å². The van der Waals surface area contributed by atoms with Gasteiger partial charge in [0.2, 0.25) is 11.8 Å². The van der Waals surface area contributed by atoms with E-state index in [2.05, 4.69) is 10.3 Å². The molecule has 3 amide bonds. The normalized spacial score (nSPS) is 17.7. The molecule has 4 rings (SSSR count). The zero-order valence-corrected chi connectivity index (χ0v) is 22.3. The van der Waals surface area contributed by atoms with Crippen molar-refractivity contribution in [1.29, 1.82) is 0 Å². The molecule has 210 valence electrons. The van der Waals surface area contributed by atoms with Gasteiger partial charge in [-0.3, -0.25) is 24.3 Å². The van der Waals surface area contributed by atoms with Crippen LogP contribution in [0.4, 0.5) is 15.8 Å². The maximum Gasteiger partial charge on any atom is 0.258 e. The molecule has 2 aromatic carbocycles. The Morgan fingerprint density at radius 1 is 1.05 bits per heavy atom. The van der Waals surface area contributed by atoms with Crippen LogP contribution in [0.15, 0.2) is 66.9 Å². The van der Waals surface area contributed by atoms with Gasteiger partial charge in [-0.2, -0.15) is 0 Å². The summed E-state index contributed by atoms with van der Waals surface area (Å²) in [6.07, 6.45) is 2.53. The highest BCUT2D eigenvalue weighted by molar-refractivity contribution is 6.09. The number of piperidine rings is 1. The Balaban J connectivity index is 1.60. The monoisotopic (exact) mass is 547 g/mol. The van der Waals surface area contributed by atoms with Crippen molar-refractivity contribution in [3.8, 4) is 11.3 Å². The van der Waals surface area contributed by atoms with Crippen LogP contribution in [0, 0.1) is 5.82 Å². The Labute approximate surface area is 232 Å². The first-order valence-corrected chi connectivity index (χ1v) is 13.1. The van der Waals surface area contributed by atoms with Crippen molar-refractivity contribution in [3.05, 3.63) is 78.2 Å². The number of nitrogens with one attached hydrogen (secondary N) is 1. The summed E-state index contributed by atoms with van der Waals surface area (Å²) < 4.78 is 14.3. The van der Waals surface area contributed by atoms with E-state index >= 15 is 0 Å². The number of aromatic nitrogens is 1. The topological polar surface area (TPSA) is 161 Å². The Morgan fingerprint density at radius 3 is 2.33 bits per heavy atom. The number of hydrogen-bond donors (Lipinski definition) is 4. The summed E-state index contributed by atoms with van der Waals surface area (Å²) in [7, 11) is 0. The maximum atomic E-state index is 14.3. The van der Waals surface area contributed by atoms with Gasteiger partial charge in [-0.05, 0) is 61.4 Å². The number of carbonyl (C=O) groups excluding carboxylic acids is 3. The molecule has 3 unspecified atom stereocenters. The molecule has 1 saturated heterocycles. The highest BCUT2D eigenvalue weighted by Gasteiger charge is 2.29. The predicted octanol–water partition coefficient (Wildman–Crippen LogP) is 2.10. The number of carbonyl (C=O) groups is 3. The van der Waals surface area contributed by atoms with E-state index in [4.69, 9.17) is 17.2 Å². The van der Waals surface area contributed by atoms with Gasteiger partial charge in [-0.25, -0.2) is 4.39 Å². The van der Waals surface area contributed by atoms with Crippen LogP contribution in [0.3, 0.4) is 0 Å². The van der Waals surface area contributed by atoms with Crippen molar-refractivity contribution in [2.45, 2.75) is 37.9 Å². The van der Waals surface area contributed by atoms with Crippen molar-refractivity contribution < 1.29 is 18.8 Å². The minimum Gasteiger partial charge on any atom is -0.338 e. The molecule has 11 heteroatoms. The number of hydrogen-bond acceptors (Lipinski definition) is 7. The Hall–Kier alpha value is -4.19. The SMILES string of the molecule is CCC(N)C(=O)Nc1ccc(C(=O)N(CC(=O)N2CC(N)CC(N)C2)c2ccc(-c3ccccc3F)nc2)cc1. The fraction of sp³-hybridized carbons (Fsp3) is 0.310. The lowest BCUT2D eigenvalue weighted by atomic mass is 10.0. The predicted molar refractivity (Wildman–Crippen MR) is 152 cm³/mol.